The van der Waals surface area contributed by atoms with Crippen LogP contribution in [0.25, 0.3) is 0 Å². The highest BCUT2D eigenvalue weighted by atomic mass is 19.3. The molecule has 10 heteroatoms. The first-order valence-electron chi connectivity index (χ1n) is 8.25. The predicted octanol–water partition coefficient (Wildman–Crippen LogP) is 4.01. The molecule has 0 saturated heterocycles. The van der Waals surface area contributed by atoms with Gasteiger partial charge in [-0.3, -0.25) is 10.1 Å². The van der Waals surface area contributed by atoms with Gasteiger partial charge in [-0.1, -0.05) is 18.2 Å². The number of nitro benzene ring substituents is 1. The number of rotatable bonds is 8. The lowest BCUT2D eigenvalue weighted by Crippen LogP contribution is -2.32. The van der Waals surface area contributed by atoms with E-state index in [1.807, 2.05) is 32.0 Å². The number of carbonyl (C=O) groups excluding carboxylic acids is 1. The fraction of sp³-hybridized carbons (Fsp3) is 0.278. The Balaban J connectivity index is 1.94. The Labute approximate surface area is 159 Å². The first-order chi connectivity index (χ1) is 13.3. The van der Waals surface area contributed by atoms with Crippen molar-refractivity contribution >= 4 is 17.4 Å². The number of anilines is 1. The minimum absolute atomic E-state index is 0.125. The number of nitrogens with zero attached hydrogens (tertiary/aromatic N) is 1. The van der Waals surface area contributed by atoms with Gasteiger partial charge in [-0.15, -0.1) is 0 Å². The largest absolute Gasteiger partial charge is 0.491 e. The van der Waals surface area contributed by atoms with Crippen molar-refractivity contribution in [2.24, 2.45) is 0 Å². The molecule has 0 unspecified atom stereocenters. The molecule has 2 aromatic rings. The van der Waals surface area contributed by atoms with Crippen LogP contribution in [0.4, 0.5) is 25.0 Å². The summed E-state index contributed by atoms with van der Waals surface area (Å²) in [6, 6.07) is 7.88. The van der Waals surface area contributed by atoms with Crippen LogP contribution >= 0.6 is 0 Å². The quantitative estimate of drug-likeness (QED) is 0.399. The Hall–Kier alpha value is -3.43. The number of ether oxygens (including phenoxy) is 2. The highest BCUT2D eigenvalue weighted by molar-refractivity contribution is 5.91. The van der Waals surface area contributed by atoms with Crippen LogP contribution in [0.3, 0.4) is 0 Å². The zero-order valence-corrected chi connectivity index (χ0v) is 15.2. The smallest absolute Gasteiger partial charge is 0.387 e. The van der Waals surface area contributed by atoms with E-state index in [0.29, 0.717) is 0 Å². The molecule has 0 atom stereocenters. The van der Waals surface area contributed by atoms with Crippen molar-refractivity contribution in [3.8, 4) is 11.5 Å². The van der Waals surface area contributed by atoms with Crippen LogP contribution in [-0.4, -0.2) is 30.7 Å². The van der Waals surface area contributed by atoms with Crippen LogP contribution in [0.15, 0.2) is 36.4 Å². The van der Waals surface area contributed by atoms with Crippen LogP contribution in [0.1, 0.15) is 11.1 Å². The molecule has 0 aliphatic rings. The summed E-state index contributed by atoms with van der Waals surface area (Å²) < 4.78 is 34.8. The number of alkyl halides is 2. The molecule has 2 aromatic carbocycles. The average molecular weight is 395 g/mol. The van der Waals surface area contributed by atoms with Crippen molar-refractivity contribution in [2.75, 3.05) is 18.5 Å². The normalized spacial score (nSPS) is 10.5. The van der Waals surface area contributed by atoms with Crippen molar-refractivity contribution in [3.05, 3.63) is 57.6 Å². The van der Waals surface area contributed by atoms with Gasteiger partial charge in [-0.2, -0.15) is 8.78 Å². The molecule has 28 heavy (non-hydrogen) atoms. The summed E-state index contributed by atoms with van der Waals surface area (Å²) in [7, 11) is 0. The van der Waals surface area contributed by atoms with E-state index in [1.54, 1.807) is 0 Å². The summed E-state index contributed by atoms with van der Waals surface area (Å²) in [5.74, 6) is 0.332. The summed E-state index contributed by atoms with van der Waals surface area (Å²) >= 11 is 0. The highest BCUT2D eigenvalue weighted by Gasteiger charge is 2.16. The number of nitro groups is 1. The molecule has 0 bridgehead atoms. The van der Waals surface area contributed by atoms with E-state index in [4.69, 9.17) is 4.74 Å². The Bertz CT molecular complexity index is 841. The van der Waals surface area contributed by atoms with E-state index in [9.17, 15) is 23.7 Å². The molecular weight excluding hydrogens is 376 g/mol. The van der Waals surface area contributed by atoms with Crippen LogP contribution in [0.2, 0.25) is 0 Å². The third-order valence-corrected chi connectivity index (χ3v) is 3.68. The van der Waals surface area contributed by atoms with E-state index >= 15 is 0 Å². The van der Waals surface area contributed by atoms with Crippen LogP contribution < -0.4 is 20.1 Å². The van der Waals surface area contributed by atoms with Gasteiger partial charge >= 0.3 is 12.6 Å². The van der Waals surface area contributed by atoms with E-state index < -0.39 is 17.6 Å². The molecule has 8 nitrogen and oxygen atoms in total. The van der Waals surface area contributed by atoms with E-state index in [1.165, 1.54) is 0 Å². The van der Waals surface area contributed by atoms with Gasteiger partial charge in [-0.25, -0.2) is 4.79 Å². The Morgan fingerprint density at radius 1 is 1.21 bits per heavy atom. The number of carbonyl (C=O) groups is 1. The summed E-state index contributed by atoms with van der Waals surface area (Å²) in [5.41, 5.74) is 1.28. The number of amides is 2. The number of aryl methyl sites for hydroxylation is 2. The maximum atomic E-state index is 12.5. The second-order valence-electron chi connectivity index (χ2n) is 5.77. The number of halogens is 2. The van der Waals surface area contributed by atoms with Gasteiger partial charge < -0.3 is 20.1 Å². The Morgan fingerprint density at radius 2 is 1.89 bits per heavy atom. The standard InChI is InChI=1S/C18H19F2N3O5/c1-11-4-3-5-12(2)16(11)27-9-8-21-18(24)22-14-10-13(23(25)26)6-7-15(14)28-17(19)20/h3-7,10,17H,8-9H2,1-2H3,(H2,21,22,24). The number of hydrogen-bond acceptors (Lipinski definition) is 5. The Kier molecular flexibility index (Phi) is 7.08. The number of benzene rings is 2. The van der Waals surface area contributed by atoms with Crippen LogP contribution in [0, 0.1) is 24.0 Å². The van der Waals surface area contributed by atoms with Gasteiger partial charge in [0.25, 0.3) is 5.69 Å². The molecule has 0 saturated carbocycles. The first kappa shape index (κ1) is 20.9. The molecule has 0 spiro atoms. The van der Waals surface area contributed by atoms with Crippen LogP contribution in [-0.2, 0) is 0 Å². The fourth-order valence-electron chi connectivity index (χ4n) is 2.44. The third kappa shape index (κ3) is 5.79. The van der Waals surface area contributed by atoms with E-state index in [0.717, 1.165) is 35.1 Å². The maximum Gasteiger partial charge on any atom is 0.387 e. The van der Waals surface area contributed by atoms with Gasteiger partial charge in [0.2, 0.25) is 0 Å². The molecule has 2 N–H and O–H groups in total. The minimum atomic E-state index is -3.14. The lowest BCUT2D eigenvalue weighted by molar-refractivity contribution is -0.384. The molecule has 0 radical (unpaired) electrons. The fourth-order valence-corrected chi connectivity index (χ4v) is 2.44. The van der Waals surface area contributed by atoms with Gasteiger partial charge in [0.05, 0.1) is 17.2 Å². The molecule has 0 aromatic heterocycles. The van der Waals surface area contributed by atoms with Crippen molar-refractivity contribution in [1.82, 2.24) is 5.32 Å². The number of para-hydroxylation sites is 1. The predicted molar refractivity (Wildman–Crippen MR) is 98.2 cm³/mol. The second kappa shape index (κ2) is 9.49. The molecule has 2 amide bonds. The van der Waals surface area contributed by atoms with Gasteiger partial charge in [0, 0.05) is 12.1 Å². The molecule has 0 fully saturated rings. The Morgan fingerprint density at radius 3 is 2.50 bits per heavy atom. The molecular formula is C18H19F2N3O5. The van der Waals surface area contributed by atoms with Crippen LogP contribution in [0.5, 0.6) is 11.5 Å². The highest BCUT2D eigenvalue weighted by Crippen LogP contribution is 2.30. The molecule has 0 aliphatic heterocycles. The van der Waals surface area contributed by atoms with E-state index in [-0.39, 0.29) is 30.3 Å². The van der Waals surface area contributed by atoms with E-state index in [2.05, 4.69) is 15.4 Å². The number of urea groups is 1. The van der Waals surface area contributed by atoms with Gasteiger partial charge in [-0.05, 0) is 31.0 Å². The number of nitrogens with one attached hydrogen (secondary N) is 2. The average Bonchev–Trinajstić information content (AvgIpc) is 2.61. The SMILES string of the molecule is Cc1cccc(C)c1OCCNC(=O)Nc1cc([N+](=O)[O-])ccc1OC(F)F. The first-order valence-corrected chi connectivity index (χ1v) is 8.25. The van der Waals surface area contributed by atoms with Crippen molar-refractivity contribution in [3.63, 3.8) is 0 Å². The van der Waals surface area contributed by atoms with Crippen molar-refractivity contribution in [2.45, 2.75) is 20.5 Å². The topological polar surface area (TPSA) is 103 Å². The lowest BCUT2D eigenvalue weighted by atomic mass is 10.1. The summed E-state index contributed by atoms with van der Waals surface area (Å²) in [5, 5.41) is 15.6. The zero-order valence-electron chi connectivity index (χ0n) is 15.2. The maximum absolute atomic E-state index is 12.5. The lowest BCUT2D eigenvalue weighted by Gasteiger charge is -2.14. The molecule has 0 aliphatic carbocycles. The minimum Gasteiger partial charge on any atom is -0.491 e. The molecule has 2 rings (SSSR count). The zero-order chi connectivity index (χ0) is 20.7. The van der Waals surface area contributed by atoms with Crippen molar-refractivity contribution in [1.29, 1.82) is 0 Å². The monoisotopic (exact) mass is 395 g/mol. The summed E-state index contributed by atoms with van der Waals surface area (Å²) in [6.45, 7) is 0.953. The van der Waals surface area contributed by atoms with Crippen molar-refractivity contribution < 1.29 is 28.0 Å². The van der Waals surface area contributed by atoms with Gasteiger partial charge in [0.15, 0.2) is 0 Å². The summed E-state index contributed by atoms with van der Waals surface area (Å²) in [6.07, 6.45) is 0. The molecule has 150 valence electrons. The number of hydrogen-bond donors (Lipinski definition) is 2. The number of non-ortho nitro benzene ring substituents is 1. The third-order valence-electron chi connectivity index (χ3n) is 3.68. The van der Waals surface area contributed by atoms with Gasteiger partial charge in [0.1, 0.15) is 18.1 Å². The molecule has 0 heterocycles. The summed E-state index contributed by atoms with van der Waals surface area (Å²) in [4.78, 5) is 22.1. The second-order valence-corrected chi connectivity index (χ2v) is 5.77.